The van der Waals surface area contributed by atoms with Gasteiger partial charge < -0.3 is 14.4 Å². The van der Waals surface area contributed by atoms with E-state index >= 15 is 0 Å². The summed E-state index contributed by atoms with van der Waals surface area (Å²) >= 11 is 0. The van der Waals surface area contributed by atoms with E-state index in [4.69, 9.17) is 9.47 Å². The van der Waals surface area contributed by atoms with Crippen LogP contribution >= 0.6 is 0 Å². The van der Waals surface area contributed by atoms with Gasteiger partial charge in [0.05, 0.1) is 31.0 Å². The molecule has 0 bridgehead atoms. The van der Waals surface area contributed by atoms with Gasteiger partial charge in [0.25, 0.3) is 0 Å². The van der Waals surface area contributed by atoms with Crippen LogP contribution in [0.15, 0.2) is 12.4 Å². The topological polar surface area (TPSA) is 69.5 Å². The average Bonchev–Trinajstić information content (AvgIpc) is 3.15. The number of aromatic nitrogens is 3. The highest BCUT2D eigenvalue weighted by atomic mass is 16.6. The lowest BCUT2D eigenvalue weighted by Crippen LogP contribution is -2.64. The van der Waals surface area contributed by atoms with Crippen molar-refractivity contribution in [2.45, 2.75) is 69.6 Å². The van der Waals surface area contributed by atoms with Crippen molar-refractivity contribution in [3.8, 4) is 0 Å². The van der Waals surface area contributed by atoms with Crippen LogP contribution in [-0.2, 0) is 14.3 Å². The zero-order valence-electron chi connectivity index (χ0n) is 15.9. The summed E-state index contributed by atoms with van der Waals surface area (Å²) in [5.74, 6) is 0.411. The predicted molar refractivity (Wildman–Crippen MR) is 95.5 cm³/mol. The largest absolute Gasteiger partial charge is 0.378 e. The Morgan fingerprint density at radius 3 is 2.65 bits per heavy atom. The molecular formula is C19H30N4O3. The maximum absolute atomic E-state index is 13.3. The smallest absolute Gasteiger partial charge is 0.225 e. The summed E-state index contributed by atoms with van der Waals surface area (Å²) in [4.78, 5) is 15.3. The molecule has 3 fully saturated rings. The van der Waals surface area contributed by atoms with Crippen molar-refractivity contribution in [3.63, 3.8) is 0 Å². The first-order valence-electron chi connectivity index (χ1n) is 9.89. The first-order chi connectivity index (χ1) is 12.5. The monoisotopic (exact) mass is 362 g/mol. The summed E-state index contributed by atoms with van der Waals surface area (Å²) in [6, 6.07) is 0.376. The maximum Gasteiger partial charge on any atom is 0.225 e. The molecule has 0 aromatic carbocycles. The van der Waals surface area contributed by atoms with E-state index < -0.39 is 0 Å². The van der Waals surface area contributed by atoms with Gasteiger partial charge >= 0.3 is 0 Å². The van der Waals surface area contributed by atoms with Gasteiger partial charge in [0.15, 0.2) is 0 Å². The third-order valence-corrected chi connectivity index (χ3v) is 6.00. The fourth-order valence-electron chi connectivity index (χ4n) is 4.96. The van der Waals surface area contributed by atoms with Crippen LogP contribution in [0.1, 0.15) is 58.4 Å². The molecule has 3 aliphatic rings. The highest BCUT2D eigenvalue weighted by Gasteiger charge is 2.47. The molecule has 1 spiro atoms. The summed E-state index contributed by atoms with van der Waals surface area (Å²) in [5, 5.41) is 8.02. The Kier molecular flexibility index (Phi) is 4.77. The first kappa shape index (κ1) is 17.9. The van der Waals surface area contributed by atoms with Gasteiger partial charge in [-0.1, -0.05) is 5.21 Å². The highest BCUT2D eigenvalue weighted by Crippen LogP contribution is 2.37. The van der Waals surface area contributed by atoms with Gasteiger partial charge in [-0.05, 0) is 52.4 Å². The number of carbonyl (C=O) groups is 1. The fourth-order valence-corrected chi connectivity index (χ4v) is 4.96. The molecule has 1 saturated carbocycles. The quantitative estimate of drug-likeness (QED) is 0.807. The molecule has 4 rings (SSSR count). The third kappa shape index (κ3) is 3.64. The van der Waals surface area contributed by atoms with Gasteiger partial charge in [0.1, 0.15) is 5.60 Å². The molecule has 1 aromatic heterocycles. The SMILES string of the molecule is CC1(C)CN(C(=O)C2CCC(n3ccnn3)CC2)CC2(CCCOC2)O1. The van der Waals surface area contributed by atoms with E-state index in [2.05, 4.69) is 29.1 Å². The molecule has 144 valence electrons. The van der Waals surface area contributed by atoms with E-state index in [-0.39, 0.29) is 17.1 Å². The number of nitrogens with zero attached hydrogens (tertiary/aromatic N) is 4. The predicted octanol–water partition coefficient (Wildman–Crippen LogP) is 2.20. The van der Waals surface area contributed by atoms with Crippen LogP contribution in [0, 0.1) is 5.92 Å². The van der Waals surface area contributed by atoms with Crippen LogP contribution in [0.3, 0.4) is 0 Å². The lowest BCUT2D eigenvalue weighted by Gasteiger charge is -2.52. The zero-order chi connectivity index (χ0) is 18.2. The Morgan fingerprint density at radius 1 is 1.19 bits per heavy atom. The average molecular weight is 362 g/mol. The minimum atomic E-state index is -0.327. The molecule has 1 amide bonds. The van der Waals surface area contributed by atoms with Gasteiger partial charge in [-0.2, -0.15) is 0 Å². The van der Waals surface area contributed by atoms with Crippen molar-refractivity contribution < 1.29 is 14.3 Å². The summed E-state index contributed by atoms with van der Waals surface area (Å²) in [5.41, 5.74) is -0.653. The second-order valence-electron chi connectivity index (χ2n) is 8.78. The number of hydrogen-bond acceptors (Lipinski definition) is 5. The molecule has 26 heavy (non-hydrogen) atoms. The fraction of sp³-hybridized carbons (Fsp3) is 0.842. The van der Waals surface area contributed by atoms with Gasteiger partial charge in [-0.3, -0.25) is 4.79 Å². The van der Waals surface area contributed by atoms with Crippen molar-refractivity contribution in [2.24, 2.45) is 5.92 Å². The first-order valence-corrected chi connectivity index (χ1v) is 9.89. The van der Waals surface area contributed by atoms with Crippen molar-refractivity contribution in [3.05, 3.63) is 12.4 Å². The molecule has 1 aromatic rings. The van der Waals surface area contributed by atoms with E-state index in [1.54, 1.807) is 6.20 Å². The van der Waals surface area contributed by atoms with Crippen molar-refractivity contribution in [1.29, 1.82) is 0 Å². The maximum atomic E-state index is 13.3. The Labute approximate surface area is 155 Å². The van der Waals surface area contributed by atoms with E-state index in [0.717, 1.165) is 45.1 Å². The van der Waals surface area contributed by atoms with E-state index in [0.29, 0.717) is 31.6 Å². The van der Waals surface area contributed by atoms with Crippen molar-refractivity contribution in [1.82, 2.24) is 19.9 Å². The van der Waals surface area contributed by atoms with Gasteiger partial charge in [-0.25, -0.2) is 4.68 Å². The van der Waals surface area contributed by atoms with Crippen LogP contribution in [-0.4, -0.2) is 63.3 Å². The minimum Gasteiger partial charge on any atom is -0.378 e. The van der Waals surface area contributed by atoms with Gasteiger partial charge in [-0.15, -0.1) is 5.10 Å². The van der Waals surface area contributed by atoms with E-state index in [1.807, 2.05) is 10.9 Å². The summed E-state index contributed by atoms with van der Waals surface area (Å²) in [7, 11) is 0. The van der Waals surface area contributed by atoms with E-state index in [1.165, 1.54) is 0 Å². The standard InChI is InChI=1S/C19H30N4O3/c1-18(2)12-22(13-19(26-18)8-3-11-25-14-19)17(24)15-4-6-16(7-5-15)23-10-9-20-21-23/h9-10,15-16H,3-8,11-14H2,1-2H3. The van der Waals surface area contributed by atoms with E-state index in [9.17, 15) is 4.79 Å². The number of carbonyl (C=O) groups excluding carboxylic acids is 1. The van der Waals surface area contributed by atoms with Crippen LogP contribution in [0.5, 0.6) is 0 Å². The molecule has 0 radical (unpaired) electrons. The molecule has 7 nitrogen and oxygen atoms in total. The number of morpholine rings is 1. The number of ether oxygens (including phenoxy) is 2. The number of hydrogen-bond donors (Lipinski definition) is 0. The van der Waals surface area contributed by atoms with Crippen LogP contribution in [0.25, 0.3) is 0 Å². The Morgan fingerprint density at radius 2 is 2.00 bits per heavy atom. The molecular weight excluding hydrogens is 332 g/mol. The van der Waals surface area contributed by atoms with Crippen LogP contribution in [0.2, 0.25) is 0 Å². The van der Waals surface area contributed by atoms with Gasteiger partial charge in [0.2, 0.25) is 5.91 Å². The second kappa shape index (κ2) is 6.93. The Balaban J connectivity index is 1.41. The third-order valence-electron chi connectivity index (χ3n) is 6.00. The molecule has 2 saturated heterocycles. The molecule has 2 aliphatic heterocycles. The second-order valence-corrected chi connectivity index (χ2v) is 8.78. The lowest BCUT2D eigenvalue weighted by molar-refractivity contribution is -0.233. The number of rotatable bonds is 2. The minimum absolute atomic E-state index is 0.116. The highest BCUT2D eigenvalue weighted by molar-refractivity contribution is 5.79. The summed E-state index contributed by atoms with van der Waals surface area (Å²) in [6.45, 7) is 6.90. The lowest BCUT2D eigenvalue weighted by atomic mass is 9.83. The summed E-state index contributed by atoms with van der Waals surface area (Å²) < 4.78 is 14.0. The Bertz CT molecular complexity index is 617. The molecule has 3 heterocycles. The molecule has 1 unspecified atom stereocenters. The van der Waals surface area contributed by atoms with Crippen molar-refractivity contribution >= 4 is 5.91 Å². The molecule has 0 N–H and O–H groups in total. The zero-order valence-corrected chi connectivity index (χ0v) is 15.9. The summed E-state index contributed by atoms with van der Waals surface area (Å²) in [6.07, 6.45) is 9.43. The molecule has 7 heteroatoms. The molecule has 1 atom stereocenters. The normalized spacial score (nSPS) is 34.8. The van der Waals surface area contributed by atoms with Crippen LogP contribution in [0.4, 0.5) is 0 Å². The molecule has 1 aliphatic carbocycles. The van der Waals surface area contributed by atoms with Crippen LogP contribution < -0.4 is 0 Å². The van der Waals surface area contributed by atoms with Gasteiger partial charge in [0, 0.05) is 25.3 Å². The number of amides is 1. The Hall–Kier alpha value is -1.47. The van der Waals surface area contributed by atoms with Crippen molar-refractivity contribution in [2.75, 3.05) is 26.3 Å².